The molecule has 0 heterocycles. The predicted molar refractivity (Wildman–Crippen MR) is 77.9 cm³/mol. The second-order valence-electron chi connectivity index (χ2n) is 4.14. The highest BCUT2D eigenvalue weighted by Gasteiger charge is 2.09. The van der Waals surface area contributed by atoms with Gasteiger partial charge in [-0.1, -0.05) is 48.5 Å². The zero-order valence-electron chi connectivity index (χ0n) is 11.2. The highest BCUT2D eigenvalue weighted by atomic mass is 16.5. The Morgan fingerprint density at radius 1 is 1.10 bits per heavy atom. The van der Waals surface area contributed by atoms with Crippen molar-refractivity contribution in [1.82, 2.24) is 0 Å². The van der Waals surface area contributed by atoms with E-state index in [0.717, 1.165) is 5.56 Å². The average molecular weight is 267 g/mol. The SMILES string of the molecule is COC=C([C]=O)c1ccccc1OCc1ccccc1. The number of hydrogen-bond acceptors (Lipinski definition) is 3. The van der Waals surface area contributed by atoms with Crippen LogP contribution in [-0.4, -0.2) is 13.4 Å². The molecule has 101 valence electrons. The van der Waals surface area contributed by atoms with Gasteiger partial charge in [0.25, 0.3) is 0 Å². The fourth-order valence-electron chi connectivity index (χ4n) is 1.81. The largest absolute Gasteiger partial charge is 0.504 e. The van der Waals surface area contributed by atoms with Crippen molar-refractivity contribution in [3.63, 3.8) is 0 Å². The molecular weight excluding hydrogens is 252 g/mol. The van der Waals surface area contributed by atoms with Gasteiger partial charge < -0.3 is 9.47 Å². The van der Waals surface area contributed by atoms with Crippen molar-refractivity contribution in [1.29, 1.82) is 0 Å². The van der Waals surface area contributed by atoms with Crippen molar-refractivity contribution in [3.8, 4) is 5.75 Å². The van der Waals surface area contributed by atoms with Crippen LogP contribution in [-0.2, 0) is 16.1 Å². The number of carbonyl (C=O) groups excluding carboxylic acids is 1. The highest BCUT2D eigenvalue weighted by Crippen LogP contribution is 2.25. The molecule has 0 saturated heterocycles. The summed E-state index contributed by atoms with van der Waals surface area (Å²) in [4.78, 5) is 11.0. The van der Waals surface area contributed by atoms with Crippen molar-refractivity contribution in [2.75, 3.05) is 7.11 Å². The maximum Gasteiger partial charge on any atom is 0.237 e. The lowest BCUT2D eigenvalue weighted by molar-refractivity contribution is 0.305. The van der Waals surface area contributed by atoms with Gasteiger partial charge >= 0.3 is 0 Å². The standard InChI is InChI=1S/C17H15O3/c1-19-13-15(11-18)16-9-5-6-10-17(16)20-12-14-7-3-2-4-8-14/h2-10,13H,12H2,1H3. The summed E-state index contributed by atoms with van der Waals surface area (Å²) in [6.45, 7) is 0.441. The van der Waals surface area contributed by atoms with Gasteiger partial charge in [-0.15, -0.1) is 0 Å². The second kappa shape index (κ2) is 7.14. The number of allylic oxidation sites excluding steroid dienone is 1. The third kappa shape index (κ3) is 3.48. The van der Waals surface area contributed by atoms with E-state index in [9.17, 15) is 4.79 Å². The monoisotopic (exact) mass is 267 g/mol. The quantitative estimate of drug-likeness (QED) is 0.594. The van der Waals surface area contributed by atoms with Crippen LogP contribution in [0.5, 0.6) is 5.75 Å². The molecule has 0 spiro atoms. The summed E-state index contributed by atoms with van der Waals surface area (Å²) >= 11 is 0. The molecule has 3 nitrogen and oxygen atoms in total. The van der Waals surface area contributed by atoms with Crippen molar-refractivity contribution >= 4 is 11.9 Å². The van der Waals surface area contributed by atoms with Crippen LogP contribution in [0.1, 0.15) is 11.1 Å². The van der Waals surface area contributed by atoms with E-state index in [-0.39, 0.29) is 0 Å². The van der Waals surface area contributed by atoms with Gasteiger partial charge in [-0.3, -0.25) is 4.79 Å². The number of para-hydroxylation sites is 1. The number of hydrogen-bond donors (Lipinski definition) is 0. The zero-order valence-corrected chi connectivity index (χ0v) is 11.2. The van der Waals surface area contributed by atoms with E-state index >= 15 is 0 Å². The molecule has 0 saturated carbocycles. The molecule has 0 atom stereocenters. The van der Waals surface area contributed by atoms with Crippen LogP contribution < -0.4 is 4.74 Å². The van der Waals surface area contributed by atoms with E-state index in [2.05, 4.69) is 0 Å². The Labute approximate surface area is 118 Å². The Balaban J connectivity index is 2.20. The molecule has 0 unspecified atom stereocenters. The molecule has 0 N–H and O–H groups in total. The zero-order chi connectivity index (χ0) is 14.2. The Hall–Kier alpha value is -2.55. The first-order chi connectivity index (χ1) is 9.85. The molecule has 3 heteroatoms. The summed E-state index contributed by atoms with van der Waals surface area (Å²) in [5.74, 6) is 0.628. The lowest BCUT2D eigenvalue weighted by atomic mass is 10.1. The van der Waals surface area contributed by atoms with Gasteiger partial charge in [-0.25, -0.2) is 0 Å². The normalized spacial score (nSPS) is 10.9. The fraction of sp³-hybridized carbons (Fsp3) is 0.118. The van der Waals surface area contributed by atoms with Crippen molar-refractivity contribution in [3.05, 3.63) is 72.0 Å². The van der Waals surface area contributed by atoms with Gasteiger partial charge in [-0.2, -0.15) is 0 Å². The number of rotatable bonds is 6. The van der Waals surface area contributed by atoms with Gasteiger partial charge in [0, 0.05) is 5.56 Å². The molecule has 2 aromatic rings. The van der Waals surface area contributed by atoms with Gasteiger partial charge in [0.15, 0.2) is 0 Å². The number of methoxy groups -OCH3 is 1. The topological polar surface area (TPSA) is 35.5 Å². The first kappa shape index (κ1) is 13.9. The summed E-state index contributed by atoms with van der Waals surface area (Å²) in [5, 5.41) is 0. The summed E-state index contributed by atoms with van der Waals surface area (Å²) in [6.07, 6.45) is 3.22. The lowest BCUT2D eigenvalue weighted by Gasteiger charge is -2.11. The summed E-state index contributed by atoms with van der Waals surface area (Å²) in [6, 6.07) is 17.2. The Morgan fingerprint density at radius 3 is 2.50 bits per heavy atom. The first-order valence-electron chi connectivity index (χ1n) is 6.22. The Morgan fingerprint density at radius 2 is 1.80 bits per heavy atom. The molecule has 0 bridgehead atoms. The van der Waals surface area contributed by atoms with Crippen molar-refractivity contribution < 1.29 is 14.3 Å². The molecule has 0 fully saturated rings. The summed E-state index contributed by atoms with van der Waals surface area (Å²) in [5.41, 5.74) is 2.06. The maximum absolute atomic E-state index is 11.0. The van der Waals surface area contributed by atoms with Crippen LogP contribution in [0.3, 0.4) is 0 Å². The average Bonchev–Trinajstić information content (AvgIpc) is 2.52. The molecule has 0 aromatic heterocycles. The second-order valence-corrected chi connectivity index (χ2v) is 4.14. The highest BCUT2D eigenvalue weighted by molar-refractivity contribution is 6.08. The van der Waals surface area contributed by atoms with Crippen LogP contribution in [0, 0.1) is 0 Å². The van der Waals surface area contributed by atoms with Crippen LogP contribution in [0.15, 0.2) is 60.9 Å². The van der Waals surface area contributed by atoms with E-state index in [1.54, 1.807) is 6.07 Å². The van der Waals surface area contributed by atoms with Crippen LogP contribution in [0.2, 0.25) is 0 Å². The summed E-state index contributed by atoms with van der Waals surface area (Å²) in [7, 11) is 1.49. The minimum atomic E-state index is 0.330. The smallest absolute Gasteiger partial charge is 0.237 e. The maximum atomic E-state index is 11.0. The fourth-order valence-corrected chi connectivity index (χ4v) is 1.81. The molecule has 0 aliphatic rings. The molecule has 0 amide bonds. The van der Waals surface area contributed by atoms with Gasteiger partial charge in [0.05, 0.1) is 18.9 Å². The van der Waals surface area contributed by atoms with E-state index in [1.807, 2.05) is 54.8 Å². The number of ether oxygens (including phenoxy) is 2. The van der Waals surface area contributed by atoms with Crippen LogP contribution in [0.25, 0.3) is 5.57 Å². The third-order valence-electron chi connectivity index (χ3n) is 2.76. The van der Waals surface area contributed by atoms with E-state index in [4.69, 9.17) is 9.47 Å². The van der Waals surface area contributed by atoms with Crippen LogP contribution in [0.4, 0.5) is 0 Å². The van der Waals surface area contributed by atoms with E-state index < -0.39 is 0 Å². The van der Waals surface area contributed by atoms with E-state index in [1.165, 1.54) is 13.4 Å². The molecule has 20 heavy (non-hydrogen) atoms. The molecule has 2 aromatic carbocycles. The molecule has 0 aliphatic heterocycles. The lowest BCUT2D eigenvalue weighted by Crippen LogP contribution is -1.99. The van der Waals surface area contributed by atoms with Crippen molar-refractivity contribution in [2.45, 2.75) is 6.61 Å². The number of benzene rings is 2. The Bertz CT molecular complexity index is 588. The minimum absolute atomic E-state index is 0.330. The van der Waals surface area contributed by atoms with Gasteiger partial charge in [-0.05, 0) is 11.6 Å². The third-order valence-corrected chi connectivity index (χ3v) is 2.76. The minimum Gasteiger partial charge on any atom is -0.504 e. The molecule has 0 aliphatic carbocycles. The van der Waals surface area contributed by atoms with Crippen molar-refractivity contribution in [2.24, 2.45) is 0 Å². The Kier molecular flexibility index (Phi) is 4.95. The summed E-state index contributed by atoms with van der Waals surface area (Å²) < 4.78 is 10.7. The molecular formula is C17H15O3. The van der Waals surface area contributed by atoms with Gasteiger partial charge in [0.2, 0.25) is 6.29 Å². The predicted octanol–water partition coefficient (Wildman–Crippen LogP) is 3.36. The molecule has 1 radical (unpaired) electrons. The van der Waals surface area contributed by atoms with Gasteiger partial charge in [0.1, 0.15) is 12.4 Å². The van der Waals surface area contributed by atoms with Crippen LogP contribution >= 0.6 is 0 Å². The first-order valence-corrected chi connectivity index (χ1v) is 6.22. The molecule has 2 rings (SSSR count). The van der Waals surface area contributed by atoms with E-state index in [0.29, 0.717) is 23.5 Å².